The molecule has 1 atom stereocenters. The van der Waals surface area contributed by atoms with Gasteiger partial charge in [-0.05, 0) is 30.4 Å². The number of rotatable bonds is 6. The first-order valence-corrected chi connectivity index (χ1v) is 9.98. The lowest BCUT2D eigenvalue weighted by Crippen LogP contribution is -2.54. The van der Waals surface area contributed by atoms with Crippen molar-refractivity contribution in [1.29, 1.82) is 0 Å². The molecule has 10 heteroatoms. The molecule has 2 N–H and O–H groups in total. The van der Waals surface area contributed by atoms with Gasteiger partial charge in [0.15, 0.2) is 0 Å². The summed E-state index contributed by atoms with van der Waals surface area (Å²) in [5.74, 6) is -0.722. The van der Waals surface area contributed by atoms with Gasteiger partial charge in [-0.1, -0.05) is 0 Å². The molecule has 8 nitrogen and oxygen atoms in total. The van der Waals surface area contributed by atoms with Crippen LogP contribution in [0.4, 0.5) is 0 Å². The van der Waals surface area contributed by atoms with Crippen LogP contribution in [0.5, 0.6) is 5.75 Å². The molecule has 1 aliphatic heterocycles. The van der Waals surface area contributed by atoms with Crippen LogP contribution in [0.3, 0.4) is 0 Å². The van der Waals surface area contributed by atoms with Crippen LogP contribution < -0.4 is 10.1 Å². The summed E-state index contributed by atoms with van der Waals surface area (Å²) in [6.45, 7) is 0. The largest absolute Gasteiger partial charge is 0.495 e. The molecule has 0 spiro atoms. The van der Waals surface area contributed by atoms with Crippen LogP contribution in [0.25, 0.3) is 0 Å². The zero-order valence-corrected chi connectivity index (χ0v) is 15.7. The SMILES string of the molecule is COc1ccc(C(=O)NC2(C(=O)O)CCSC2)cc1S(=O)(=O)N(C)C. The van der Waals surface area contributed by atoms with Crippen molar-refractivity contribution >= 4 is 33.7 Å². The smallest absolute Gasteiger partial charge is 0.330 e. The monoisotopic (exact) mass is 388 g/mol. The van der Waals surface area contributed by atoms with Gasteiger partial charge in [0.1, 0.15) is 16.2 Å². The zero-order valence-electron chi connectivity index (χ0n) is 14.1. The van der Waals surface area contributed by atoms with E-state index in [0.29, 0.717) is 12.2 Å². The summed E-state index contributed by atoms with van der Waals surface area (Å²) in [7, 11) is 0.249. The van der Waals surface area contributed by atoms with Gasteiger partial charge in [-0.3, -0.25) is 4.79 Å². The van der Waals surface area contributed by atoms with Crippen molar-refractivity contribution in [3.05, 3.63) is 23.8 Å². The molecule has 1 unspecified atom stereocenters. The third kappa shape index (κ3) is 3.75. The molecule has 0 aromatic heterocycles. The van der Waals surface area contributed by atoms with Gasteiger partial charge in [0.25, 0.3) is 5.91 Å². The first-order valence-electron chi connectivity index (χ1n) is 7.38. The van der Waals surface area contributed by atoms with E-state index in [1.165, 1.54) is 51.2 Å². The van der Waals surface area contributed by atoms with Crippen LogP contribution in [0.1, 0.15) is 16.8 Å². The number of sulfonamides is 1. The Balaban J connectivity index is 2.40. The van der Waals surface area contributed by atoms with Crippen molar-refractivity contribution in [3.8, 4) is 5.75 Å². The number of carboxylic acids is 1. The summed E-state index contributed by atoms with van der Waals surface area (Å²) in [4.78, 5) is 23.9. The lowest BCUT2D eigenvalue weighted by Gasteiger charge is -2.24. The predicted molar refractivity (Wildman–Crippen MR) is 93.6 cm³/mol. The lowest BCUT2D eigenvalue weighted by atomic mass is 9.98. The minimum atomic E-state index is -3.83. The second-order valence-corrected chi connectivity index (χ2v) is 9.02. The van der Waals surface area contributed by atoms with E-state index in [-0.39, 0.29) is 22.0 Å². The number of ether oxygens (including phenoxy) is 1. The molecule has 0 radical (unpaired) electrons. The zero-order chi connectivity index (χ0) is 18.8. The van der Waals surface area contributed by atoms with Crippen LogP contribution in [-0.2, 0) is 14.8 Å². The molecule has 138 valence electrons. The fourth-order valence-electron chi connectivity index (χ4n) is 2.39. The lowest BCUT2D eigenvalue weighted by molar-refractivity contribution is -0.143. The van der Waals surface area contributed by atoms with E-state index in [9.17, 15) is 23.1 Å². The van der Waals surface area contributed by atoms with E-state index in [2.05, 4.69) is 5.32 Å². The molecule has 1 heterocycles. The molecule has 25 heavy (non-hydrogen) atoms. The van der Waals surface area contributed by atoms with Crippen molar-refractivity contribution < 1.29 is 27.9 Å². The second-order valence-electron chi connectivity index (χ2n) is 5.80. The van der Waals surface area contributed by atoms with Crippen molar-refractivity contribution in [3.63, 3.8) is 0 Å². The molecular formula is C15H20N2O6S2. The fourth-order valence-corrected chi connectivity index (χ4v) is 4.79. The highest BCUT2D eigenvalue weighted by atomic mass is 32.2. The first kappa shape index (κ1) is 19.5. The average molecular weight is 388 g/mol. The number of hydrogen-bond acceptors (Lipinski definition) is 6. The van der Waals surface area contributed by atoms with Crippen molar-refractivity contribution in [1.82, 2.24) is 9.62 Å². The maximum atomic E-state index is 12.5. The molecular weight excluding hydrogens is 368 g/mol. The number of methoxy groups -OCH3 is 1. The molecule has 1 fully saturated rings. The molecule has 1 aliphatic rings. The molecule has 1 amide bonds. The Labute approximate surface area is 150 Å². The molecule has 0 aliphatic carbocycles. The number of nitrogens with zero attached hydrogens (tertiary/aromatic N) is 1. The summed E-state index contributed by atoms with van der Waals surface area (Å²) in [6.07, 6.45) is 0.317. The van der Waals surface area contributed by atoms with Crippen LogP contribution in [0.2, 0.25) is 0 Å². The van der Waals surface area contributed by atoms with Crippen LogP contribution >= 0.6 is 11.8 Å². The Bertz CT molecular complexity index is 785. The number of carboxylic acid groups (broad SMARTS) is 1. The number of nitrogens with one attached hydrogen (secondary N) is 1. The Morgan fingerprint density at radius 3 is 2.52 bits per heavy atom. The number of benzene rings is 1. The van der Waals surface area contributed by atoms with Gasteiger partial charge >= 0.3 is 5.97 Å². The molecule has 0 saturated carbocycles. The van der Waals surface area contributed by atoms with E-state index in [1.807, 2.05) is 0 Å². The van der Waals surface area contributed by atoms with Crippen LogP contribution in [0.15, 0.2) is 23.1 Å². The maximum Gasteiger partial charge on any atom is 0.330 e. The fraction of sp³-hybridized carbons (Fsp3) is 0.467. The summed E-state index contributed by atoms with van der Waals surface area (Å²) < 4.78 is 30.9. The number of carbonyl (C=O) groups is 2. The molecule has 1 aromatic rings. The number of hydrogen-bond donors (Lipinski definition) is 2. The highest BCUT2D eigenvalue weighted by Gasteiger charge is 2.43. The minimum absolute atomic E-state index is 0.0544. The topological polar surface area (TPSA) is 113 Å². The second kappa shape index (κ2) is 7.22. The van der Waals surface area contributed by atoms with E-state index in [1.54, 1.807) is 0 Å². The molecule has 2 rings (SSSR count). The Hall–Kier alpha value is -1.78. The number of thioether (sulfide) groups is 1. The van der Waals surface area contributed by atoms with Gasteiger partial charge < -0.3 is 15.2 Å². The summed E-state index contributed by atoms with van der Waals surface area (Å²) in [5.41, 5.74) is -1.28. The van der Waals surface area contributed by atoms with E-state index in [0.717, 1.165) is 4.31 Å². The molecule has 0 bridgehead atoms. The third-order valence-corrected chi connectivity index (χ3v) is 6.99. The van der Waals surface area contributed by atoms with Crippen molar-refractivity contribution in [2.75, 3.05) is 32.7 Å². The van der Waals surface area contributed by atoms with Gasteiger partial charge in [-0.25, -0.2) is 17.5 Å². The third-order valence-electron chi connectivity index (χ3n) is 3.97. The maximum absolute atomic E-state index is 12.5. The standard InChI is InChI=1S/C15H20N2O6S2/c1-17(2)25(21,22)12-8-10(4-5-11(12)23-3)13(18)16-15(14(19)20)6-7-24-9-15/h4-5,8H,6-7,9H2,1-3H3,(H,16,18)(H,19,20). The van der Waals surface area contributed by atoms with Crippen molar-refractivity contribution in [2.24, 2.45) is 0 Å². The number of amides is 1. The molecule has 1 aromatic carbocycles. The van der Waals surface area contributed by atoms with Gasteiger partial charge in [-0.15, -0.1) is 0 Å². The van der Waals surface area contributed by atoms with Crippen LogP contribution in [-0.4, -0.2) is 68.0 Å². The van der Waals surface area contributed by atoms with Gasteiger partial charge in [0.05, 0.1) is 7.11 Å². The average Bonchev–Trinajstić information content (AvgIpc) is 3.03. The first-order chi connectivity index (χ1) is 11.6. The Morgan fingerprint density at radius 1 is 1.36 bits per heavy atom. The summed E-state index contributed by atoms with van der Waals surface area (Å²) >= 11 is 1.45. The highest BCUT2D eigenvalue weighted by molar-refractivity contribution is 7.99. The summed E-state index contributed by atoms with van der Waals surface area (Å²) in [5, 5.41) is 12.0. The quantitative estimate of drug-likeness (QED) is 0.735. The van der Waals surface area contributed by atoms with Gasteiger partial charge in [0.2, 0.25) is 10.0 Å². The number of carbonyl (C=O) groups excluding carboxylic acids is 1. The minimum Gasteiger partial charge on any atom is -0.495 e. The van der Waals surface area contributed by atoms with Crippen molar-refractivity contribution in [2.45, 2.75) is 16.9 Å². The van der Waals surface area contributed by atoms with E-state index >= 15 is 0 Å². The summed E-state index contributed by atoms with van der Waals surface area (Å²) in [6, 6.07) is 3.98. The number of aliphatic carboxylic acids is 1. The van der Waals surface area contributed by atoms with Crippen LogP contribution in [0, 0.1) is 0 Å². The van der Waals surface area contributed by atoms with E-state index in [4.69, 9.17) is 4.74 Å². The van der Waals surface area contributed by atoms with E-state index < -0.39 is 27.4 Å². The van der Waals surface area contributed by atoms with Gasteiger partial charge in [-0.2, -0.15) is 11.8 Å². The predicted octanol–water partition coefficient (Wildman–Crippen LogP) is 0.636. The molecule has 1 saturated heterocycles. The highest BCUT2D eigenvalue weighted by Crippen LogP contribution is 2.30. The van der Waals surface area contributed by atoms with Gasteiger partial charge in [0, 0.05) is 25.4 Å². The Kier molecular flexibility index (Phi) is 5.65. The Morgan fingerprint density at radius 2 is 2.04 bits per heavy atom. The normalized spacial score (nSPS) is 20.5.